The number of aryl methyl sites for hydroxylation is 1. The zero-order chi connectivity index (χ0) is 10.1. The van der Waals surface area contributed by atoms with Gasteiger partial charge in [-0.25, -0.2) is 0 Å². The van der Waals surface area contributed by atoms with E-state index >= 15 is 0 Å². The highest BCUT2D eigenvalue weighted by Gasteiger charge is 2.24. The Hall–Kier alpha value is -0.820. The van der Waals surface area contributed by atoms with Gasteiger partial charge in [0, 0.05) is 12.5 Å². The molecule has 0 spiro atoms. The Kier molecular flexibility index (Phi) is 2.60. The normalized spacial score (nSPS) is 18.2. The summed E-state index contributed by atoms with van der Waals surface area (Å²) in [6.07, 6.45) is 2.71. The molecule has 1 aromatic carbocycles. The van der Waals surface area contributed by atoms with Crippen molar-refractivity contribution in [3.8, 4) is 0 Å². The van der Waals surface area contributed by atoms with E-state index < -0.39 is 0 Å². The second-order valence-electron chi connectivity index (χ2n) is 4.47. The molecule has 14 heavy (non-hydrogen) atoms. The van der Waals surface area contributed by atoms with Crippen molar-refractivity contribution in [2.75, 3.05) is 6.61 Å². The molecule has 0 radical (unpaired) electrons. The van der Waals surface area contributed by atoms with Crippen LogP contribution in [-0.4, -0.2) is 11.7 Å². The minimum atomic E-state index is 0.238. The van der Waals surface area contributed by atoms with Crippen LogP contribution >= 0.6 is 0 Å². The molecule has 0 amide bonds. The zero-order valence-corrected chi connectivity index (χ0v) is 8.96. The van der Waals surface area contributed by atoms with Gasteiger partial charge in [-0.05, 0) is 42.4 Å². The van der Waals surface area contributed by atoms with Gasteiger partial charge in [0.05, 0.1) is 0 Å². The van der Waals surface area contributed by atoms with Crippen LogP contribution in [-0.2, 0) is 0 Å². The van der Waals surface area contributed by atoms with Crippen LogP contribution in [0.5, 0.6) is 0 Å². The van der Waals surface area contributed by atoms with Crippen LogP contribution in [0.1, 0.15) is 48.3 Å². The largest absolute Gasteiger partial charge is 0.396 e. The molecule has 1 fully saturated rings. The number of aliphatic hydroxyl groups excluding tert-OH is 1. The number of hydrogen-bond donors (Lipinski definition) is 1. The van der Waals surface area contributed by atoms with Gasteiger partial charge in [0.1, 0.15) is 0 Å². The highest BCUT2D eigenvalue weighted by molar-refractivity contribution is 5.37. The Bertz CT molecular complexity index is 326. The lowest BCUT2D eigenvalue weighted by Gasteiger charge is -2.11. The molecule has 1 unspecified atom stereocenters. The van der Waals surface area contributed by atoms with Gasteiger partial charge in [-0.1, -0.05) is 25.1 Å². The molecule has 0 heterocycles. The molecular weight excluding hydrogens is 172 g/mol. The van der Waals surface area contributed by atoms with Gasteiger partial charge < -0.3 is 5.11 Å². The molecule has 1 heteroatoms. The van der Waals surface area contributed by atoms with Crippen LogP contribution in [0.15, 0.2) is 18.2 Å². The Labute approximate surface area is 85.8 Å². The number of benzene rings is 1. The molecule has 1 aromatic rings. The molecule has 1 saturated carbocycles. The number of rotatable bonds is 3. The molecule has 1 nitrogen and oxygen atoms in total. The maximum Gasteiger partial charge on any atom is 0.0497 e. The van der Waals surface area contributed by atoms with Crippen molar-refractivity contribution in [1.29, 1.82) is 0 Å². The first-order valence-electron chi connectivity index (χ1n) is 5.43. The molecular formula is C13H18O. The predicted molar refractivity (Wildman–Crippen MR) is 58.7 cm³/mol. The van der Waals surface area contributed by atoms with Gasteiger partial charge in [-0.2, -0.15) is 0 Å². The molecule has 1 aliphatic rings. The average molecular weight is 190 g/mol. The fourth-order valence-electron chi connectivity index (χ4n) is 1.96. The van der Waals surface area contributed by atoms with Gasteiger partial charge >= 0.3 is 0 Å². The Morgan fingerprint density at radius 2 is 2.14 bits per heavy atom. The summed E-state index contributed by atoms with van der Waals surface area (Å²) in [5.41, 5.74) is 4.17. The van der Waals surface area contributed by atoms with Crippen molar-refractivity contribution in [3.05, 3.63) is 34.9 Å². The maximum absolute atomic E-state index is 9.07. The fraction of sp³-hybridized carbons (Fsp3) is 0.538. The maximum atomic E-state index is 9.07. The third kappa shape index (κ3) is 1.83. The summed E-state index contributed by atoms with van der Waals surface area (Å²) < 4.78 is 0. The standard InChI is InChI=1S/C13H18O/c1-9-7-12(10(2)8-14)5-6-13(9)11-3-4-11/h5-7,10-11,14H,3-4,8H2,1-2H3. The number of hydrogen-bond acceptors (Lipinski definition) is 1. The van der Waals surface area contributed by atoms with E-state index in [1.54, 1.807) is 0 Å². The highest BCUT2D eigenvalue weighted by atomic mass is 16.3. The molecule has 0 bridgehead atoms. The molecule has 0 saturated heterocycles. The van der Waals surface area contributed by atoms with Crippen LogP contribution in [0.2, 0.25) is 0 Å². The van der Waals surface area contributed by atoms with Crippen molar-refractivity contribution in [2.45, 2.75) is 38.5 Å². The second-order valence-corrected chi connectivity index (χ2v) is 4.47. The smallest absolute Gasteiger partial charge is 0.0497 e. The summed E-state index contributed by atoms with van der Waals surface area (Å²) in [4.78, 5) is 0. The van der Waals surface area contributed by atoms with Crippen molar-refractivity contribution >= 4 is 0 Å². The summed E-state index contributed by atoms with van der Waals surface area (Å²) in [5, 5.41) is 9.07. The first-order chi connectivity index (χ1) is 6.72. The van der Waals surface area contributed by atoms with Crippen molar-refractivity contribution in [1.82, 2.24) is 0 Å². The lowest BCUT2D eigenvalue weighted by Crippen LogP contribution is -2.00. The predicted octanol–water partition coefficient (Wildman–Crippen LogP) is 2.97. The van der Waals surface area contributed by atoms with Gasteiger partial charge in [-0.3, -0.25) is 0 Å². The Morgan fingerprint density at radius 3 is 2.64 bits per heavy atom. The first kappa shape index (κ1) is 9.72. The van der Waals surface area contributed by atoms with Crippen molar-refractivity contribution in [2.24, 2.45) is 0 Å². The minimum Gasteiger partial charge on any atom is -0.396 e. The Morgan fingerprint density at radius 1 is 1.43 bits per heavy atom. The van der Waals surface area contributed by atoms with E-state index in [0.29, 0.717) is 0 Å². The lowest BCUT2D eigenvalue weighted by molar-refractivity contribution is 0.273. The van der Waals surface area contributed by atoms with E-state index in [4.69, 9.17) is 5.11 Å². The summed E-state index contributed by atoms with van der Waals surface area (Å²) >= 11 is 0. The van der Waals surface area contributed by atoms with Crippen molar-refractivity contribution < 1.29 is 5.11 Å². The molecule has 2 rings (SSSR count). The summed E-state index contributed by atoms with van der Waals surface area (Å²) in [6.45, 7) is 4.48. The zero-order valence-electron chi connectivity index (χ0n) is 8.96. The average Bonchev–Trinajstić information content (AvgIpc) is 3.00. The summed E-state index contributed by atoms with van der Waals surface area (Å²) in [5.74, 6) is 1.09. The SMILES string of the molecule is Cc1cc(C(C)CO)ccc1C1CC1. The van der Waals surface area contributed by atoms with E-state index in [9.17, 15) is 0 Å². The highest BCUT2D eigenvalue weighted by Crippen LogP contribution is 2.41. The molecule has 0 aromatic heterocycles. The summed E-state index contributed by atoms with van der Waals surface area (Å²) in [6, 6.07) is 6.64. The van der Waals surface area contributed by atoms with Gasteiger partial charge in [0.15, 0.2) is 0 Å². The molecule has 0 aliphatic heterocycles. The van der Waals surface area contributed by atoms with E-state index in [2.05, 4.69) is 32.0 Å². The van der Waals surface area contributed by atoms with E-state index in [1.165, 1.54) is 29.5 Å². The van der Waals surface area contributed by atoms with E-state index in [0.717, 1.165) is 5.92 Å². The molecule has 1 atom stereocenters. The van der Waals surface area contributed by atoms with Crippen LogP contribution in [0.3, 0.4) is 0 Å². The van der Waals surface area contributed by atoms with Crippen LogP contribution in [0.4, 0.5) is 0 Å². The minimum absolute atomic E-state index is 0.238. The van der Waals surface area contributed by atoms with Gasteiger partial charge in [-0.15, -0.1) is 0 Å². The fourth-order valence-corrected chi connectivity index (χ4v) is 1.96. The molecule has 1 N–H and O–H groups in total. The topological polar surface area (TPSA) is 20.2 Å². The third-order valence-corrected chi connectivity index (χ3v) is 3.15. The summed E-state index contributed by atoms with van der Waals surface area (Å²) in [7, 11) is 0. The van der Waals surface area contributed by atoms with Crippen molar-refractivity contribution in [3.63, 3.8) is 0 Å². The quantitative estimate of drug-likeness (QED) is 0.777. The third-order valence-electron chi connectivity index (χ3n) is 3.15. The monoisotopic (exact) mass is 190 g/mol. The Balaban J connectivity index is 2.25. The van der Waals surface area contributed by atoms with E-state index in [1.807, 2.05) is 0 Å². The first-order valence-corrected chi connectivity index (χ1v) is 5.43. The molecule has 1 aliphatic carbocycles. The van der Waals surface area contributed by atoms with Gasteiger partial charge in [0.25, 0.3) is 0 Å². The van der Waals surface area contributed by atoms with Crippen LogP contribution in [0.25, 0.3) is 0 Å². The second kappa shape index (κ2) is 3.74. The molecule has 76 valence electrons. The van der Waals surface area contributed by atoms with Crippen LogP contribution < -0.4 is 0 Å². The van der Waals surface area contributed by atoms with E-state index in [-0.39, 0.29) is 12.5 Å². The van der Waals surface area contributed by atoms with Gasteiger partial charge in [0.2, 0.25) is 0 Å². The lowest BCUT2D eigenvalue weighted by atomic mass is 9.95. The van der Waals surface area contributed by atoms with Crippen LogP contribution in [0, 0.1) is 6.92 Å². The number of aliphatic hydroxyl groups is 1.